The number of benzene rings is 3. The lowest BCUT2D eigenvalue weighted by molar-refractivity contribution is -0.127. The normalized spacial score (nSPS) is 14.2. The predicted molar refractivity (Wildman–Crippen MR) is 149 cm³/mol. The Morgan fingerprint density at radius 1 is 1.13 bits per heavy atom. The lowest BCUT2D eigenvalue weighted by Crippen LogP contribution is -2.36. The molecule has 0 bridgehead atoms. The number of hydrogen-bond donors (Lipinski definition) is 1. The average molecular weight is 620 g/mol. The van der Waals surface area contributed by atoms with Gasteiger partial charge in [-0.2, -0.15) is 0 Å². The Bertz CT molecular complexity index is 1430. The van der Waals surface area contributed by atoms with E-state index in [-0.39, 0.29) is 17.2 Å². The van der Waals surface area contributed by atoms with Crippen molar-refractivity contribution >= 4 is 68.1 Å². The van der Waals surface area contributed by atoms with E-state index in [1.807, 2.05) is 25.1 Å². The molecule has 1 saturated heterocycles. The molecule has 0 radical (unpaired) electrons. The second-order valence-corrected chi connectivity index (χ2v) is 10.2. The van der Waals surface area contributed by atoms with Crippen molar-refractivity contribution in [3.05, 3.63) is 92.0 Å². The smallest absolute Gasteiger partial charge is 0.294 e. The number of carbonyl (C=O) groups excluding carboxylic acids is 3. The summed E-state index contributed by atoms with van der Waals surface area (Å²) in [5.74, 6) is -0.849. The molecule has 0 spiro atoms. The van der Waals surface area contributed by atoms with Crippen molar-refractivity contribution in [2.24, 2.45) is 0 Å². The van der Waals surface area contributed by atoms with Gasteiger partial charge in [0.1, 0.15) is 19.0 Å². The van der Waals surface area contributed by atoms with Crippen LogP contribution in [0.15, 0.2) is 70.0 Å². The summed E-state index contributed by atoms with van der Waals surface area (Å²) in [6, 6.07) is 16.1. The van der Waals surface area contributed by atoms with E-state index in [4.69, 9.17) is 21.1 Å². The summed E-state index contributed by atoms with van der Waals surface area (Å²) in [4.78, 5) is 38.7. The first kappa shape index (κ1) is 27.7. The molecule has 11 heteroatoms. The van der Waals surface area contributed by atoms with Gasteiger partial charge in [0.25, 0.3) is 11.1 Å². The fourth-order valence-corrected chi connectivity index (χ4v) is 5.14. The number of nitrogens with zero attached hydrogens (tertiary/aromatic N) is 1. The van der Waals surface area contributed by atoms with Crippen LogP contribution in [0.4, 0.5) is 14.9 Å². The van der Waals surface area contributed by atoms with Gasteiger partial charge in [0.15, 0.2) is 11.5 Å². The third kappa shape index (κ3) is 6.75. The molecule has 3 aromatic carbocycles. The van der Waals surface area contributed by atoms with Gasteiger partial charge in [0.2, 0.25) is 5.91 Å². The second kappa shape index (κ2) is 12.5. The maximum atomic E-state index is 13.4. The lowest BCUT2D eigenvalue weighted by atomic mass is 10.1. The van der Waals surface area contributed by atoms with E-state index in [9.17, 15) is 18.8 Å². The monoisotopic (exact) mass is 618 g/mol. The highest BCUT2D eigenvalue weighted by Crippen LogP contribution is 2.40. The Kier molecular flexibility index (Phi) is 9.09. The minimum absolute atomic E-state index is 0.146. The summed E-state index contributed by atoms with van der Waals surface area (Å²) in [6.07, 6.45) is 1.54. The van der Waals surface area contributed by atoms with Crippen LogP contribution < -0.4 is 14.8 Å². The van der Waals surface area contributed by atoms with E-state index in [0.29, 0.717) is 33.2 Å². The highest BCUT2D eigenvalue weighted by atomic mass is 79.9. The molecule has 1 fully saturated rings. The molecule has 0 atom stereocenters. The third-order valence-corrected chi connectivity index (χ3v) is 7.11. The quantitative estimate of drug-likeness (QED) is 0.263. The zero-order chi connectivity index (χ0) is 27.2. The number of amides is 3. The summed E-state index contributed by atoms with van der Waals surface area (Å²) in [5.41, 5.74) is 1.62. The predicted octanol–water partition coefficient (Wildman–Crippen LogP) is 6.89. The van der Waals surface area contributed by atoms with Crippen molar-refractivity contribution in [2.75, 3.05) is 18.5 Å². The highest BCUT2D eigenvalue weighted by Gasteiger charge is 2.36. The number of nitrogens with one attached hydrogen (secondary N) is 1. The molecule has 3 aromatic rings. The minimum atomic E-state index is -0.624. The maximum Gasteiger partial charge on any atom is 0.294 e. The largest absolute Gasteiger partial charge is 0.490 e. The van der Waals surface area contributed by atoms with Crippen LogP contribution in [-0.4, -0.2) is 35.1 Å². The number of halogens is 3. The number of carbonyl (C=O) groups is 3. The summed E-state index contributed by atoms with van der Waals surface area (Å²) < 4.78 is 25.7. The molecule has 0 saturated carbocycles. The number of hydrogen-bond acceptors (Lipinski definition) is 6. The molecule has 0 aromatic heterocycles. The molecule has 196 valence electrons. The fraction of sp³-hybridized carbons (Fsp3) is 0.148. The fourth-order valence-electron chi connectivity index (χ4n) is 3.54. The zero-order valence-corrected chi connectivity index (χ0v) is 23.2. The van der Waals surface area contributed by atoms with Gasteiger partial charge in [-0.15, -0.1) is 0 Å². The Morgan fingerprint density at radius 2 is 1.92 bits per heavy atom. The lowest BCUT2D eigenvalue weighted by Gasteiger charge is -2.15. The van der Waals surface area contributed by atoms with Crippen LogP contribution in [0.1, 0.15) is 18.1 Å². The number of ether oxygens (including phenoxy) is 2. The molecule has 1 heterocycles. The summed E-state index contributed by atoms with van der Waals surface area (Å²) in [5, 5.41) is 2.48. The van der Waals surface area contributed by atoms with E-state index in [1.165, 1.54) is 18.2 Å². The standard InChI is InChI=1S/C27H21BrClFN2O5S/c1-2-36-22-11-16(10-20(28)25(22)37-15-17-6-3-4-9-21(17)29)12-23-26(34)32(27(35)38-23)14-24(33)31-19-8-5-7-18(30)13-19/h3-13H,2,14-15H2,1H3,(H,31,33)/b23-12+. The van der Waals surface area contributed by atoms with Gasteiger partial charge in [0, 0.05) is 16.3 Å². The molecule has 1 aliphatic rings. The van der Waals surface area contributed by atoms with Crippen LogP contribution in [0, 0.1) is 5.82 Å². The SMILES string of the molecule is CCOc1cc(/C=C2/SC(=O)N(CC(=O)Nc3cccc(F)c3)C2=O)cc(Br)c1OCc1ccccc1Cl. The molecular weight excluding hydrogens is 599 g/mol. The van der Waals surface area contributed by atoms with Crippen LogP contribution in [0.2, 0.25) is 5.02 Å². The second-order valence-electron chi connectivity index (χ2n) is 7.97. The first-order valence-electron chi connectivity index (χ1n) is 11.4. The van der Waals surface area contributed by atoms with Gasteiger partial charge in [-0.3, -0.25) is 19.3 Å². The van der Waals surface area contributed by atoms with E-state index < -0.39 is 29.4 Å². The van der Waals surface area contributed by atoms with Crippen molar-refractivity contribution in [2.45, 2.75) is 13.5 Å². The van der Waals surface area contributed by atoms with E-state index in [0.717, 1.165) is 28.3 Å². The van der Waals surface area contributed by atoms with Crippen molar-refractivity contribution in [3.63, 3.8) is 0 Å². The molecule has 0 unspecified atom stereocenters. The number of thioether (sulfide) groups is 1. The van der Waals surface area contributed by atoms with Gasteiger partial charge in [0.05, 0.1) is 16.0 Å². The summed E-state index contributed by atoms with van der Waals surface area (Å²) in [6.45, 7) is 1.92. The highest BCUT2D eigenvalue weighted by molar-refractivity contribution is 9.10. The van der Waals surface area contributed by atoms with E-state index >= 15 is 0 Å². The minimum Gasteiger partial charge on any atom is -0.490 e. The van der Waals surface area contributed by atoms with Gasteiger partial charge in [-0.1, -0.05) is 35.9 Å². The molecule has 0 aliphatic carbocycles. The van der Waals surface area contributed by atoms with Crippen molar-refractivity contribution in [3.8, 4) is 11.5 Å². The van der Waals surface area contributed by atoms with Crippen molar-refractivity contribution in [1.82, 2.24) is 4.90 Å². The van der Waals surface area contributed by atoms with E-state index in [2.05, 4.69) is 21.2 Å². The molecule has 1 N–H and O–H groups in total. The number of anilines is 1. The first-order valence-corrected chi connectivity index (χ1v) is 13.4. The van der Waals surface area contributed by atoms with Crippen LogP contribution >= 0.6 is 39.3 Å². The molecule has 4 rings (SSSR count). The van der Waals surface area contributed by atoms with Crippen molar-refractivity contribution in [1.29, 1.82) is 0 Å². The van der Waals surface area contributed by atoms with Gasteiger partial charge < -0.3 is 14.8 Å². The van der Waals surface area contributed by atoms with Gasteiger partial charge >= 0.3 is 0 Å². The molecular formula is C27H21BrClFN2O5S. The van der Waals surface area contributed by atoms with Crippen molar-refractivity contribution < 1.29 is 28.2 Å². The topological polar surface area (TPSA) is 84.9 Å². The Labute approximate surface area is 236 Å². The van der Waals surface area contributed by atoms with Crippen LogP contribution in [0.5, 0.6) is 11.5 Å². The summed E-state index contributed by atoms with van der Waals surface area (Å²) in [7, 11) is 0. The van der Waals surface area contributed by atoms with Crippen LogP contribution in [-0.2, 0) is 16.2 Å². The Balaban J connectivity index is 1.50. The number of imide groups is 1. The van der Waals surface area contributed by atoms with Crippen LogP contribution in [0.25, 0.3) is 6.08 Å². The number of rotatable bonds is 9. The zero-order valence-electron chi connectivity index (χ0n) is 20.0. The Morgan fingerprint density at radius 3 is 2.66 bits per heavy atom. The van der Waals surface area contributed by atoms with Crippen LogP contribution in [0.3, 0.4) is 0 Å². The van der Waals surface area contributed by atoms with Gasteiger partial charge in [-0.25, -0.2) is 4.39 Å². The Hall–Kier alpha value is -3.34. The first-order chi connectivity index (χ1) is 18.2. The molecule has 7 nitrogen and oxygen atoms in total. The average Bonchev–Trinajstić information content (AvgIpc) is 3.12. The third-order valence-electron chi connectivity index (χ3n) is 5.24. The van der Waals surface area contributed by atoms with E-state index in [1.54, 1.807) is 24.3 Å². The maximum absolute atomic E-state index is 13.4. The summed E-state index contributed by atoms with van der Waals surface area (Å²) >= 11 is 10.5. The molecule has 1 aliphatic heterocycles. The van der Waals surface area contributed by atoms with Gasteiger partial charge in [-0.05, 0) is 82.7 Å². The molecule has 3 amide bonds. The molecule has 38 heavy (non-hydrogen) atoms.